The van der Waals surface area contributed by atoms with E-state index in [1.165, 1.54) is 18.6 Å². The maximum Gasteiger partial charge on any atom is 0.271 e. The number of aromatic hydroxyl groups is 1. The number of aromatic nitrogens is 1. The van der Waals surface area contributed by atoms with E-state index in [0.29, 0.717) is 28.0 Å². The molecule has 1 heterocycles. The van der Waals surface area contributed by atoms with Crippen LogP contribution in [-0.4, -0.2) is 28.8 Å². The smallest absolute Gasteiger partial charge is 0.271 e. The zero-order valence-corrected chi connectivity index (χ0v) is 13.4. The molecule has 1 amide bonds. The van der Waals surface area contributed by atoms with Crippen molar-refractivity contribution >= 4 is 28.1 Å². The van der Waals surface area contributed by atoms with E-state index in [-0.39, 0.29) is 11.7 Å². The quantitative estimate of drug-likeness (QED) is 0.631. The maximum atomic E-state index is 11.8. The molecule has 0 spiro atoms. The molecule has 0 bridgehead atoms. The lowest BCUT2D eigenvalue weighted by molar-refractivity contribution is 0.0955. The Morgan fingerprint density at radius 2 is 2.18 bits per heavy atom. The summed E-state index contributed by atoms with van der Waals surface area (Å²) in [5, 5.41) is 13.7. The van der Waals surface area contributed by atoms with Crippen LogP contribution in [0.4, 0.5) is 0 Å². The van der Waals surface area contributed by atoms with Gasteiger partial charge in [-0.1, -0.05) is 0 Å². The molecular formula is C15H14BrN3O3. The lowest BCUT2D eigenvalue weighted by atomic mass is 10.2. The summed E-state index contributed by atoms with van der Waals surface area (Å²) in [5.74, 6) is 0.0418. The highest BCUT2D eigenvalue weighted by Crippen LogP contribution is 2.34. The Hall–Kier alpha value is -2.41. The number of halogens is 1. The van der Waals surface area contributed by atoms with E-state index in [0.717, 1.165) is 0 Å². The van der Waals surface area contributed by atoms with Crippen molar-refractivity contribution in [3.8, 4) is 11.5 Å². The van der Waals surface area contributed by atoms with Gasteiger partial charge in [-0.2, -0.15) is 5.10 Å². The number of carbonyl (C=O) groups excluding carboxylic acids is 1. The third-order valence-corrected chi connectivity index (χ3v) is 3.28. The van der Waals surface area contributed by atoms with Crippen LogP contribution >= 0.6 is 15.9 Å². The molecule has 0 fully saturated rings. The largest absolute Gasteiger partial charge is 0.503 e. The molecule has 0 aliphatic carbocycles. The zero-order valence-electron chi connectivity index (χ0n) is 11.8. The number of nitrogens with one attached hydrogen (secondary N) is 1. The van der Waals surface area contributed by atoms with Crippen molar-refractivity contribution in [2.24, 2.45) is 5.10 Å². The molecule has 2 aromatic rings. The Morgan fingerprint density at radius 3 is 2.86 bits per heavy atom. The van der Waals surface area contributed by atoms with Crippen molar-refractivity contribution in [3.63, 3.8) is 0 Å². The third kappa shape index (κ3) is 4.05. The highest BCUT2D eigenvalue weighted by Gasteiger charge is 2.08. The lowest BCUT2D eigenvalue weighted by Crippen LogP contribution is -2.17. The van der Waals surface area contributed by atoms with Crippen LogP contribution in [0.5, 0.6) is 11.5 Å². The van der Waals surface area contributed by atoms with Crippen molar-refractivity contribution in [3.05, 3.63) is 52.3 Å². The van der Waals surface area contributed by atoms with Gasteiger partial charge in [0.15, 0.2) is 11.5 Å². The monoisotopic (exact) mass is 363 g/mol. The highest BCUT2D eigenvalue weighted by atomic mass is 79.9. The number of nitrogens with zero attached hydrogens (tertiary/aromatic N) is 2. The summed E-state index contributed by atoms with van der Waals surface area (Å²) in [7, 11) is 0. The normalized spacial score (nSPS) is 10.6. The predicted octanol–water partition coefficient (Wildman–Crippen LogP) is 2.71. The van der Waals surface area contributed by atoms with Crippen LogP contribution in [0, 0.1) is 0 Å². The molecule has 0 radical (unpaired) electrons. The minimum absolute atomic E-state index is 0.0276. The predicted molar refractivity (Wildman–Crippen MR) is 86.3 cm³/mol. The number of carbonyl (C=O) groups is 1. The Labute approximate surface area is 136 Å². The lowest BCUT2D eigenvalue weighted by Gasteiger charge is -2.08. The molecule has 0 atom stereocenters. The van der Waals surface area contributed by atoms with E-state index in [9.17, 15) is 9.90 Å². The van der Waals surface area contributed by atoms with Crippen molar-refractivity contribution in [1.29, 1.82) is 0 Å². The van der Waals surface area contributed by atoms with E-state index in [2.05, 4.69) is 31.4 Å². The van der Waals surface area contributed by atoms with Crippen LogP contribution in [0.1, 0.15) is 22.8 Å². The molecule has 7 heteroatoms. The maximum absolute atomic E-state index is 11.8. The molecular weight excluding hydrogens is 350 g/mol. The van der Waals surface area contributed by atoms with E-state index in [4.69, 9.17) is 4.74 Å². The van der Waals surface area contributed by atoms with Gasteiger partial charge < -0.3 is 9.84 Å². The molecule has 1 aromatic heterocycles. The second kappa shape index (κ2) is 7.56. The van der Waals surface area contributed by atoms with Crippen LogP contribution in [-0.2, 0) is 0 Å². The summed E-state index contributed by atoms with van der Waals surface area (Å²) in [6, 6.07) is 6.48. The Kier molecular flexibility index (Phi) is 5.48. The molecule has 1 aromatic carbocycles. The van der Waals surface area contributed by atoms with Crippen molar-refractivity contribution in [1.82, 2.24) is 10.4 Å². The number of hydrogen-bond acceptors (Lipinski definition) is 5. The fourth-order valence-electron chi connectivity index (χ4n) is 1.67. The first-order valence-electron chi connectivity index (χ1n) is 6.50. The number of pyridine rings is 1. The Bertz CT molecular complexity index is 690. The number of ether oxygens (including phenoxy) is 1. The van der Waals surface area contributed by atoms with E-state index in [1.807, 2.05) is 6.92 Å². The molecule has 0 unspecified atom stereocenters. The topological polar surface area (TPSA) is 83.8 Å². The Balaban J connectivity index is 2.09. The number of phenolic OH excluding ortho intramolecular Hbond substituents is 1. The zero-order chi connectivity index (χ0) is 15.9. The van der Waals surface area contributed by atoms with Crippen LogP contribution in [0.3, 0.4) is 0 Å². The molecule has 0 saturated carbocycles. The van der Waals surface area contributed by atoms with Crippen LogP contribution in [0.2, 0.25) is 0 Å². The summed E-state index contributed by atoms with van der Waals surface area (Å²) < 4.78 is 5.81. The van der Waals surface area contributed by atoms with Gasteiger partial charge in [0.05, 0.1) is 17.3 Å². The minimum Gasteiger partial charge on any atom is -0.503 e. The summed E-state index contributed by atoms with van der Waals surface area (Å²) in [5.41, 5.74) is 3.55. The average molecular weight is 364 g/mol. The SMILES string of the molecule is CCOc1cc(/C=N/NC(=O)c2ccncc2)cc(Br)c1O. The van der Waals surface area contributed by atoms with Gasteiger partial charge in [0.1, 0.15) is 0 Å². The average Bonchev–Trinajstić information content (AvgIpc) is 2.53. The standard InChI is InChI=1S/C15H14BrN3O3/c1-2-22-13-8-10(7-12(16)14(13)20)9-18-19-15(21)11-3-5-17-6-4-11/h3-9,20H,2H2,1H3,(H,19,21)/b18-9+. The molecule has 2 N–H and O–H groups in total. The molecule has 0 saturated heterocycles. The van der Waals surface area contributed by atoms with Crippen molar-refractivity contribution in [2.45, 2.75) is 6.92 Å². The summed E-state index contributed by atoms with van der Waals surface area (Å²) in [6.07, 6.45) is 4.53. The van der Waals surface area contributed by atoms with Gasteiger partial charge in [0.25, 0.3) is 5.91 Å². The van der Waals surface area contributed by atoms with Crippen LogP contribution < -0.4 is 10.2 Å². The summed E-state index contributed by atoms with van der Waals surface area (Å²) >= 11 is 3.24. The summed E-state index contributed by atoms with van der Waals surface area (Å²) in [4.78, 5) is 15.6. The van der Waals surface area contributed by atoms with Gasteiger partial charge in [-0.25, -0.2) is 5.43 Å². The number of hydrazone groups is 1. The van der Waals surface area contributed by atoms with Gasteiger partial charge in [0.2, 0.25) is 0 Å². The van der Waals surface area contributed by atoms with Crippen molar-refractivity contribution in [2.75, 3.05) is 6.61 Å². The number of phenols is 1. The van der Waals surface area contributed by atoms with Gasteiger partial charge in [0, 0.05) is 18.0 Å². The molecule has 22 heavy (non-hydrogen) atoms. The number of benzene rings is 1. The third-order valence-electron chi connectivity index (χ3n) is 2.67. The fourth-order valence-corrected chi connectivity index (χ4v) is 2.13. The number of hydrogen-bond donors (Lipinski definition) is 2. The highest BCUT2D eigenvalue weighted by molar-refractivity contribution is 9.10. The van der Waals surface area contributed by atoms with E-state index in [1.54, 1.807) is 24.3 Å². The van der Waals surface area contributed by atoms with Gasteiger partial charge >= 0.3 is 0 Å². The molecule has 0 aliphatic rings. The number of amides is 1. The van der Waals surface area contributed by atoms with Crippen LogP contribution in [0.15, 0.2) is 46.2 Å². The van der Waals surface area contributed by atoms with E-state index < -0.39 is 0 Å². The van der Waals surface area contributed by atoms with Gasteiger partial charge in [-0.15, -0.1) is 0 Å². The molecule has 6 nitrogen and oxygen atoms in total. The second-order valence-electron chi connectivity index (χ2n) is 4.22. The van der Waals surface area contributed by atoms with E-state index >= 15 is 0 Å². The molecule has 2 rings (SSSR count). The van der Waals surface area contributed by atoms with Crippen LogP contribution in [0.25, 0.3) is 0 Å². The first kappa shape index (κ1) is 16.0. The second-order valence-corrected chi connectivity index (χ2v) is 5.07. The molecule has 0 aliphatic heterocycles. The van der Waals surface area contributed by atoms with Gasteiger partial charge in [-0.3, -0.25) is 9.78 Å². The first-order valence-corrected chi connectivity index (χ1v) is 7.30. The fraction of sp³-hybridized carbons (Fsp3) is 0.133. The Morgan fingerprint density at radius 1 is 1.45 bits per heavy atom. The minimum atomic E-state index is -0.332. The summed E-state index contributed by atoms with van der Waals surface area (Å²) in [6.45, 7) is 2.25. The molecule has 114 valence electrons. The van der Waals surface area contributed by atoms with Gasteiger partial charge in [-0.05, 0) is 52.7 Å². The first-order chi connectivity index (χ1) is 10.6. The van der Waals surface area contributed by atoms with Crippen molar-refractivity contribution < 1.29 is 14.6 Å². The number of rotatable bonds is 5.